The molecule has 1 aliphatic rings. The lowest BCUT2D eigenvalue weighted by Gasteiger charge is -2.11. The Hall–Kier alpha value is -1.99. The van der Waals surface area contributed by atoms with Crippen LogP contribution >= 0.6 is 23.5 Å². The number of nitro benzene ring substituents is 1. The summed E-state index contributed by atoms with van der Waals surface area (Å²) in [6, 6.07) is 12.0. The van der Waals surface area contributed by atoms with E-state index in [0.717, 1.165) is 17.1 Å². The molecule has 0 spiro atoms. The Morgan fingerprint density at radius 2 is 1.83 bits per heavy atom. The lowest BCUT2D eigenvalue weighted by Crippen LogP contribution is -2.13. The molecule has 1 saturated heterocycles. The van der Waals surface area contributed by atoms with Crippen molar-refractivity contribution in [2.45, 2.75) is 11.5 Å². The predicted octanol–water partition coefficient (Wildman–Crippen LogP) is 4.63. The maximum absolute atomic E-state index is 12.4. The molecule has 2 aromatic carbocycles. The maximum atomic E-state index is 12.4. The summed E-state index contributed by atoms with van der Waals surface area (Å²) in [5, 5.41) is 13.6. The van der Waals surface area contributed by atoms with Crippen LogP contribution in [-0.4, -0.2) is 22.3 Å². The van der Waals surface area contributed by atoms with Crippen LogP contribution in [0.2, 0.25) is 0 Å². The van der Waals surface area contributed by atoms with E-state index in [2.05, 4.69) is 5.32 Å². The number of amides is 1. The fourth-order valence-corrected chi connectivity index (χ4v) is 5.25. The molecule has 0 aliphatic carbocycles. The van der Waals surface area contributed by atoms with Crippen molar-refractivity contribution in [2.75, 3.05) is 16.8 Å². The molecule has 0 unspecified atom stereocenters. The third kappa shape index (κ3) is 3.73. The van der Waals surface area contributed by atoms with Crippen LogP contribution in [-0.2, 0) is 0 Å². The van der Waals surface area contributed by atoms with Crippen LogP contribution in [0.3, 0.4) is 0 Å². The highest BCUT2D eigenvalue weighted by molar-refractivity contribution is 8.19. The molecule has 124 valence electrons. The summed E-state index contributed by atoms with van der Waals surface area (Å²) in [5.41, 5.74) is 2.95. The fourth-order valence-electron chi connectivity index (χ4n) is 2.40. The second-order valence-electron chi connectivity index (χ2n) is 5.41. The van der Waals surface area contributed by atoms with E-state index in [1.54, 1.807) is 25.1 Å². The molecule has 1 N–H and O–H groups in total. The lowest BCUT2D eigenvalue weighted by molar-refractivity contribution is -0.384. The van der Waals surface area contributed by atoms with Crippen molar-refractivity contribution in [3.63, 3.8) is 0 Å². The highest BCUT2D eigenvalue weighted by Gasteiger charge is 2.18. The molecule has 3 rings (SSSR count). The van der Waals surface area contributed by atoms with Crippen LogP contribution in [0.25, 0.3) is 0 Å². The van der Waals surface area contributed by atoms with Gasteiger partial charge in [0.25, 0.3) is 11.6 Å². The third-order valence-electron chi connectivity index (χ3n) is 3.75. The van der Waals surface area contributed by atoms with E-state index in [4.69, 9.17) is 0 Å². The van der Waals surface area contributed by atoms with Gasteiger partial charge in [-0.05, 0) is 30.2 Å². The summed E-state index contributed by atoms with van der Waals surface area (Å²) >= 11 is 3.83. The van der Waals surface area contributed by atoms with Gasteiger partial charge in [-0.15, -0.1) is 23.5 Å². The first-order valence-corrected chi connectivity index (χ1v) is 9.54. The zero-order valence-electron chi connectivity index (χ0n) is 13.0. The molecule has 0 radical (unpaired) electrons. The van der Waals surface area contributed by atoms with Crippen molar-refractivity contribution < 1.29 is 9.72 Å². The first kappa shape index (κ1) is 16.9. The second kappa shape index (κ2) is 7.27. The number of hydrogen-bond donors (Lipinski definition) is 1. The number of nitrogens with one attached hydrogen (secondary N) is 1. The minimum atomic E-state index is -0.471. The van der Waals surface area contributed by atoms with E-state index >= 15 is 0 Å². The van der Waals surface area contributed by atoms with Gasteiger partial charge in [-0.3, -0.25) is 14.9 Å². The number of rotatable bonds is 4. The summed E-state index contributed by atoms with van der Waals surface area (Å²) in [6.07, 6.45) is 0. The molecule has 0 aromatic heterocycles. The Kier molecular flexibility index (Phi) is 5.11. The van der Waals surface area contributed by atoms with E-state index in [1.165, 1.54) is 17.7 Å². The Balaban J connectivity index is 1.75. The Morgan fingerprint density at radius 3 is 2.46 bits per heavy atom. The van der Waals surface area contributed by atoms with Gasteiger partial charge in [0.05, 0.1) is 15.2 Å². The normalized spacial score (nSPS) is 14.5. The lowest BCUT2D eigenvalue weighted by atomic mass is 10.1. The van der Waals surface area contributed by atoms with Gasteiger partial charge in [0.15, 0.2) is 0 Å². The van der Waals surface area contributed by atoms with Gasteiger partial charge in [0, 0.05) is 29.2 Å². The number of nitrogens with zero attached hydrogens (tertiary/aromatic N) is 1. The Bertz CT molecular complexity index is 772. The Morgan fingerprint density at radius 1 is 1.17 bits per heavy atom. The number of nitro groups is 1. The molecular weight excluding hydrogens is 344 g/mol. The van der Waals surface area contributed by atoms with E-state index in [-0.39, 0.29) is 11.6 Å². The summed E-state index contributed by atoms with van der Waals surface area (Å²) in [5.74, 6) is 2.05. The monoisotopic (exact) mass is 360 g/mol. The molecule has 0 saturated carbocycles. The van der Waals surface area contributed by atoms with Crippen LogP contribution in [0, 0.1) is 17.0 Å². The predicted molar refractivity (Wildman–Crippen MR) is 99.9 cm³/mol. The summed E-state index contributed by atoms with van der Waals surface area (Å²) in [4.78, 5) is 22.8. The standard InChI is InChI=1S/C17H16N2O3S2/c1-11-2-7-14(19(21)22)10-15(11)18-16(20)12-3-5-13(6-4-12)17-23-8-9-24-17/h2-7,10,17H,8-9H2,1H3,(H,18,20). The molecule has 0 atom stereocenters. The average Bonchev–Trinajstić information content (AvgIpc) is 3.11. The summed E-state index contributed by atoms with van der Waals surface area (Å²) < 4.78 is 0.445. The number of carbonyl (C=O) groups is 1. The highest BCUT2D eigenvalue weighted by Crippen LogP contribution is 2.45. The van der Waals surface area contributed by atoms with Gasteiger partial charge in [0.2, 0.25) is 0 Å². The number of aryl methyl sites for hydroxylation is 1. The molecule has 2 aromatic rings. The molecule has 0 bridgehead atoms. The smallest absolute Gasteiger partial charge is 0.271 e. The maximum Gasteiger partial charge on any atom is 0.271 e. The molecule has 24 heavy (non-hydrogen) atoms. The van der Waals surface area contributed by atoms with Crippen LogP contribution in [0.4, 0.5) is 11.4 Å². The zero-order valence-corrected chi connectivity index (χ0v) is 14.7. The van der Waals surface area contributed by atoms with Gasteiger partial charge >= 0.3 is 0 Å². The van der Waals surface area contributed by atoms with Crippen molar-refractivity contribution in [3.05, 3.63) is 69.3 Å². The average molecular weight is 360 g/mol. The van der Waals surface area contributed by atoms with Gasteiger partial charge in [-0.1, -0.05) is 18.2 Å². The molecular formula is C17H16N2O3S2. The number of anilines is 1. The van der Waals surface area contributed by atoms with Crippen LogP contribution in [0.15, 0.2) is 42.5 Å². The molecule has 1 heterocycles. The highest BCUT2D eigenvalue weighted by atomic mass is 32.2. The minimum Gasteiger partial charge on any atom is -0.321 e. The fraction of sp³-hybridized carbons (Fsp3) is 0.235. The van der Waals surface area contributed by atoms with Crippen molar-refractivity contribution in [1.29, 1.82) is 0 Å². The molecule has 5 nitrogen and oxygen atoms in total. The first-order chi connectivity index (χ1) is 11.5. The minimum absolute atomic E-state index is 0.0402. The molecule has 1 amide bonds. The molecule has 7 heteroatoms. The summed E-state index contributed by atoms with van der Waals surface area (Å²) in [7, 11) is 0. The van der Waals surface area contributed by atoms with E-state index in [0.29, 0.717) is 15.8 Å². The van der Waals surface area contributed by atoms with Crippen LogP contribution < -0.4 is 5.32 Å². The molecule has 1 aliphatic heterocycles. The van der Waals surface area contributed by atoms with E-state index in [9.17, 15) is 14.9 Å². The van der Waals surface area contributed by atoms with Gasteiger partial charge in [-0.25, -0.2) is 0 Å². The number of thioether (sulfide) groups is 2. The quantitative estimate of drug-likeness (QED) is 0.635. The van der Waals surface area contributed by atoms with Crippen LogP contribution in [0.5, 0.6) is 0 Å². The topological polar surface area (TPSA) is 72.2 Å². The number of non-ortho nitro benzene ring substituents is 1. The SMILES string of the molecule is Cc1ccc([N+](=O)[O-])cc1NC(=O)c1ccc(C2SCCS2)cc1. The van der Waals surface area contributed by atoms with Crippen molar-refractivity contribution >= 4 is 40.8 Å². The zero-order chi connectivity index (χ0) is 17.1. The third-order valence-corrected chi connectivity index (χ3v) is 6.85. The number of carbonyl (C=O) groups excluding carboxylic acids is 1. The first-order valence-electron chi connectivity index (χ1n) is 7.44. The van der Waals surface area contributed by atoms with E-state index < -0.39 is 4.92 Å². The largest absolute Gasteiger partial charge is 0.321 e. The van der Waals surface area contributed by atoms with Gasteiger partial charge in [-0.2, -0.15) is 0 Å². The number of hydrogen-bond acceptors (Lipinski definition) is 5. The van der Waals surface area contributed by atoms with E-state index in [1.807, 2.05) is 35.7 Å². The number of benzene rings is 2. The second-order valence-corrected chi connectivity index (χ2v) is 8.13. The van der Waals surface area contributed by atoms with Gasteiger partial charge in [0.1, 0.15) is 0 Å². The summed E-state index contributed by atoms with van der Waals surface area (Å²) in [6.45, 7) is 1.80. The molecule has 1 fully saturated rings. The van der Waals surface area contributed by atoms with Crippen molar-refractivity contribution in [1.82, 2.24) is 0 Å². The Labute approximate surface area is 148 Å². The van der Waals surface area contributed by atoms with Crippen molar-refractivity contribution in [3.8, 4) is 0 Å². The van der Waals surface area contributed by atoms with Crippen LogP contribution in [0.1, 0.15) is 26.1 Å². The van der Waals surface area contributed by atoms with Gasteiger partial charge < -0.3 is 5.32 Å². The van der Waals surface area contributed by atoms with Crippen molar-refractivity contribution in [2.24, 2.45) is 0 Å².